The molecule has 10 heteroatoms. The van der Waals surface area contributed by atoms with Gasteiger partial charge in [0.15, 0.2) is 19.7 Å². The van der Waals surface area contributed by atoms with Gasteiger partial charge in [0.2, 0.25) is 0 Å². The summed E-state index contributed by atoms with van der Waals surface area (Å²) in [4.78, 5) is 3.69. The molecule has 0 unspecified atom stereocenters. The van der Waals surface area contributed by atoms with Crippen molar-refractivity contribution in [3.05, 3.63) is 59.7 Å². The van der Waals surface area contributed by atoms with Crippen LogP contribution in [0.3, 0.4) is 0 Å². The van der Waals surface area contributed by atoms with Crippen molar-refractivity contribution in [2.24, 2.45) is 0 Å². The number of piperazine rings is 1. The van der Waals surface area contributed by atoms with Crippen molar-refractivity contribution in [1.29, 1.82) is 0 Å². The zero-order valence-electron chi connectivity index (χ0n) is 17.0. The molecular formula is C21H24F2N2O4S2. The highest BCUT2D eigenvalue weighted by atomic mass is 32.2. The van der Waals surface area contributed by atoms with Crippen molar-refractivity contribution in [2.75, 3.05) is 42.6 Å². The lowest BCUT2D eigenvalue weighted by Gasteiger charge is -2.40. The van der Waals surface area contributed by atoms with Crippen molar-refractivity contribution in [3.63, 3.8) is 0 Å². The summed E-state index contributed by atoms with van der Waals surface area (Å²) in [6.07, 6.45) is 0. The highest BCUT2D eigenvalue weighted by Crippen LogP contribution is 2.31. The Kier molecular flexibility index (Phi) is 5.82. The van der Waals surface area contributed by atoms with Crippen LogP contribution in [-0.4, -0.2) is 70.7 Å². The number of hydrogen-bond acceptors (Lipinski definition) is 6. The molecule has 2 saturated heterocycles. The van der Waals surface area contributed by atoms with Crippen LogP contribution in [0.1, 0.15) is 5.56 Å². The zero-order chi connectivity index (χ0) is 22.4. The van der Waals surface area contributed by atoms with Gasteiger partial charge in [0.25, 0.3) is 0 Å². The van der Waals surface area contributed by atoms with Gasteiger partial charge in [0.1, 0.15) is 11.6 Å². The van der Waals surface area contributed by atoms with E-state index in [0.29, 0.717) is 31.9 Å². The van der Waals surface area contributed by atoms with Crippen LogP contribution in [0.25, 0.3) is 0 Å². The first kappa shape index (κ1) is 22.2. The van der Waals surface area contributed by atoms with Gasteiger partial charge in [0.05, 0.1) is 27.3 Å². The summed E-state index contributed by atoms with van der Waals surface area (Å²) in [5.41, 5.74) is 0.670. The number of benzene rings is 2. The first-order valence-electron chi connectivity index (χ1n) is 10.0. The fourth-order valence-corrected chi connectivity index (χ4v) is 9.32. The van der Waals surface area contributed by atoms with E-state index in [4.69, 9.17) is 0 Å². The van der Waals surface area contributed by atoms with Crippen molar-refractivity contribution >= 4 is 25.4 Å². The molecule has 0 N–H and O–H groups in total. The molecule has 2 heterocycles. The summed E-state index contributed by atoms with van der Waals surface area (Å²) in [5, 5.41) is -1.12. The maximum atomic E-state index is 14.1. The van der Waals surface area contributed by atoms with Gasteiger partial charge in [-0.1, -0.05) is 12.1 Å². The van der Waals surface area contributed by atoms with E-state index < -0.39 is 42.5 Å². The molecule has 0 bridgehead atoms. The SMILES string of the molecule is Cc1cc(S(=O)(=O)[C@@H]2CS(=O)(=O)C[C@H]2N2CCN(c3ccccc3F)CC2)ccc1F. The molecule has 0 spiro atoms. The first-order chi connectivity index (χ1) is 14.6. The van der Waals surface area contributed by atoms with E-state index in [0.717, 1.165) is 6.07 Å². The molecule has 2 aromatic rings. The number of anilines is 1. The standard InChI is InChI=1S/C21H24F2N2O4S2/c1-15-12-16(6-7-17(15)22)31(28,29)21-14-30(26,27)13-20(21)25-10-8-24(9-11-25)19-5-3-2-4-18(19)23/h2-7,12,20-21H,8-11,13-14H2,1H3/t20-,21-/m1/s1. The molecule has 0 radical (unpaired) electrons. The first-order valence-corrected chi connectivity index (χ1v) is 13.4. The van der Waals surface area contributed by atoms with E-state index >= 15 is 0 Å². The minimum atomic E-state index is -3.98. The largest absolute Gasteiger partial charge is 0.367 e. The minimum absolute atomic E-state index is 0.0662. The third kappa shape index (κ3) is 4.33. The molecule has 0 aliphatic carbocycles. The zero-order valence-corrected chi connectivity index (χ0v) is 18.7. The molecule has 6 nitrogen and oxygen atoms in total. The van der Waals surface area contributed by atoms with Gasteiger partial charge in [0, 0.05) is 32.2 Å². The number of para-hydroxylation sites is 1. The maximum absolute atomic E-state index is 14.1. The predicted molar refractivity (Wildman–Crippen MR) is 115 cm³/mol. The van der Waals surface area contributed by atoms with Crippen LogP contribution in [0.5, 0.6) is 0 Å². The van der Waals surface area contributed by atoms with Crippen molar-refractivity contribution in [1.82, 2.24) is 4.90 Å². The van der Waals surface area contributed by atoms with Crippen molar-refractivity contribution < 1.29 is 25.6 Å². The van der Waals surface area contributed by atoms with Gasteiger partial charge in [-0.15, -0.1) is 0 Å². The summed E-state index contributed by atoms with van der Waals surface area (Å²) < 4.78 is 79.1. The lowest BCUT2D eigenvalue weighted by Crippen LogP contribution is -2.55. The van der Waals surface area contributed by atoms with Gasteiger partial charge < -0.3 is 4.90 Å². The number of sulfone groups is 2. The van der Waals surface area contributed by atoms with E-state index in [1.165, 1.54) is 25.1 Å². The van der Waals surface area contributed by atoms with Crippen molar-refractivity contribution in [3.8, 4) is 0 Å². The van der Waals surface area contributed by atoms with Crippen LogP contribution in [0.15, 0.2) is 47.4 Å². The molecule has 0 amide bonds. The van der Waals surface area contributed by atoms with Crippen LogP contribution >= 0.6 is 0 Å². The Morgan fingerprint density at radius 2 is 1.61 bits per heavy atom. The number of aryl methyl sites for hydroxylation is 1. The minimum Gasteiger partial charge on any atom is -0.367 e. The number of nitrogens with zero attached hydrogens (tertiary/aromatic N) is 2. The second-order valence-electron chi connectivity index (χ2n) is 8.11. The Morgan fingerprint density at radius 3 is 2.26 bits per heavy atom. The Hall–Kier alpha value is -2.04. The summed E-state index contributed by atoms with van der Waals surface area (Å²) in [5.74, 6) is -1.54. The van der Waals surface area contributed by atoms with E-state index in [9.17, 15) is 25.6 Å². The summed E-state index contributed by atoms with van der Waals surface area (Å²) >= 11 is 0. The second-order valence-corrected chi connectivity index (χ2v) is 12.4. The average Bonchev–Trinajstić information content (AvgIpc) is 3.07. The number of hydrogen-bond donors (Lipinski definition) is 0. The maximum Gasteiger partial charge on any atom is 0.183 e. The molecule has 0 saturated carbocycles. The molecule has 2 atom stereocenters. The molecule has 0 aromatic heterocycles. The van der Waals surface area contributed by atoms with Crippen LogP contribution in [0.4, 0.5) is 14.5 Å². The highest BCUT2D eigenvalue weighted by Gasteiger charge is 2.48. The molecule has 2 aliphatic heterocycles. The quantitative estimate of drug-likeness (QED) is 0.637. The Morgan fingerprint density at radius 1 is 0.935 bits per heavy atom. The van der Waals surface area contributed by atoms with Gasteiger partial charge >= 0.3 is 0 Å². The molecule has 168 valence electrons. The highest BCUT2D eigenvalue weighted by molar-refractivity contribution is 7.96. The fourth-order valence-electron chi connectivity index (χ4n) is 4.41. The van der Waals surface area contributed by atoms with E-state index in [2.05, 4.69) is 0 Å². The molecule has 2 aliphatic rings. The molecule has 31 heavy (non-hydrogen) atoms. The van der Waals surface area contributed by atoms with Crippen molar-refractivity contribution in [2.45, 2.75) is 23.1 Å². The predicted octanol–water partition coefficient (Wildman–Crippen LogP) is 2.03. The van der Waals surface area contributed by atoms with Gasteiger partial charge in [-0.25, -0.2) is 25.6 Å². The Balaban J connectivity index is 1.57. The topological polar surface area (TPSA) is 74.8 Å². The van der Waals surface area contributed by atoms with Crippen LogP contribution < -0.4 is 4.90 Å². The van der Waals surface area contributed by atoms with Gasteiger partial charge in [-0.3, -0.25) is 4.90 Å². The Bertz CT molecular complexity index is 1190. The Labute approximate surface area is 181 Å². The molecule has 2 aromatic carbocycles. The van der Waals surface area contributed by atoms with E-state index in [1.54, 1.807) is 18.2 Å². The van der Waals surface area contributed by atoms with E-state index in [1.807, 2.05) is 9.80 Å². The van der Waals surface area contributed by atoms with Crippen LogP contribution in [0, 0.1) is 18.6 Å². The normalized spacial score (nSPS) is 24.4. The van der Waals surface area contributed by atoms with Crippen LogP contribution in [0.2, 0.25) is 0 Å². The fraction of sp³-hybridized carbons (Fsp3) is 0.429. The lowest BCUT2D eigenvalue weighted by atomic mass is 10.1. The smallest absolute Gasteiger partial charge is 0.183 e. The summed E-state index contributed by atoms with van der Waals surface area (Å²) in [6.45, 7) is 3.23. The monoisotopic (exact) mass is 470 g/mol. The number of rotatable bonds is 4. The third-order valence-corrected chi connectivity index (χ3v) is 10.2. The lowest BCUT2D eigenvalue weighted by molar-refractivity contribution is 0.201. The average molecular weight is 471 g/mol. The molecule has 4 rings (SSSR count). The third-order valence-electron chi connectivity index (χ3n) is 6.10. The molecule has 2 fully saturated rings. The number of halogens is 2. The van der Waals surface area contributed by atoms with E-state index in [-0.39, 0.29) is 22.0 Å². The summed E-state index contributed by atoms with van der Waals surface area (Å²) in [6, 6.07) is 9.29. The van der Waals surface area contributed by atoms with Gasteiger partial charge in [-0.05, 0) is 42.8 Å². The van der Waals surface area contributed by atoms with Crippen LogP contribution in [-0.2, 0) is 19.7 Å². The second kappa shape index (κ2) is 8.14. The van der Waals surface area contributed by atoms with Gasteiger partial charge in [-0.2, -0.15) is 0 Å². The molecular weight excluding hydrogens is 446 g/mol. The summed E-state index contributed by atoms with van der Waals surface area (Å²) in [7, 11) is -7.53.